The van der Waals surface area contributed by atoms with Crippen LogP contribution in [0, 0.1) is 5.82 Å². The van der Waals surface area contributed by atoms with E-state index >= 15 is 0 Å². The normalized spacial score (nSPS) is 10.6. The largest absolute Gasteiger partial charge is 0.496 e. The van der Waals surface area contributed by atoms with E-state index < -0.39 is 5.97 Å². The highest BCUT2D eigenvalue weighted by Gasteiger charge is 2.12. The molecule has 7 heteroatoms. The first-order chi connectivity index (χ1) is 12.5. The van der Waals surface area contributed by atoms with Gasteiger partial charge in [0.25, 0.3) is 0 Å². The predicted molar refractivity (Wildman–Crippen MR) is 99.0 cm³/mol. The van der Waals surface area contributed by atoms with Crippen LogP contribution in [0.25, 0.3) is 10.6 Å². The molecule has 134 valence electrons. The van der Waals surface area contributed by atoms with Gasteiger partial charge in [-0.2, -0.15) is 0 Å². The maximum absolute atomic E-state index is 13.3. The third-order valence-electron chi connectivity index (χ3n) is 3.58. The Morgan fingerprint density at radius 3 is 2.88 bits per heavy atom. The first kappa shape index (κ1) is 18.4. The Labute approximate surface area is 159 Å². The van der Waals surface area contributed by atoms with Crippen LogP contribution in [0.1, 0.15) is 11.3 Å². The summed E-state index contributed by atoms with van der Waals surface area (Å²) in [6.07, 6.45) is 0.0364. The maximum atomic E-state index is 13.3. The maximum Gasteiger partial charge on any atom is 0.312 e. The molecule has 3 aromatic rings. The molecule has 2 aromatic carbocycles. The van der Waals surface area contributed by atoms with Crippen LogP contribution >= 0.6 is 22.9 Å². The van der Waals surface area contributed by atoms with E-state index in [9.17, 15) is 9.18 Å². The molecular formula is C19H15ClFNO3S. The number of thiazole rings is 1. The second-order valence-corrected chi connectivity index (χ2v) is 6.74. The number of halogens is 2. The Hall–Kier alpha value is -2.44. The summed E-state index contributed by atoms with van der Waals surface area (Å²) >= 11 is 7.31. The number of methoxy groups -OCH3 is 1. The van der Waals surface area contributed by atoms with Gasteiger partial charge in [0.2, 0.25) is 0 Å². The van der Waals surface area contributed by atoms with Crippen molar-refractivity contribution in [1.29, 1.82) is 0 Å². The van der Waals surface area contributed by atoms with Crippen LogP contribution < -0.4 is 4.74 Å². The average molecular weight is 392 g/mol. The lowest BCUT2D eigenvalue weighted by molar-refractivity contribution is -0.144. The lowest BCUT2D eigenvalue weighted by atomic mass is 10.2. The highest BCUT2D eigenvalue weighted by Crippen LogP contribution is 2.25. The Morgan fingerprint density at radius 2 is 2.12 bits per heavy atom. The number of carbonyl (C=O) groups is 1. The topological polar surface area (TPSA) is 48.4 Å². The third-order valence-corrected chi connectivity index (χ3v) is 4.76. The van der Waals surface area contributed by atoms with Gasteiger partial charge in [0.15, 0.2) is 0 Å². The van der Waals surface area contributed by atoms with Gasteiger partial charge in [-0.25, -0.2) is 9.37 Å². The van der Waals surface area contributed by atoms with Crippen LogP contribution in [-0.4, -0.2) is 18.1 Å². The van der Waals surface area contributed by atoms with Crippen molar-refractivity contribution in [3.8, 4) is 16.3 Å². The highest BCUT2D eigenvalue weighted by atomic mass is 35.5. The van der Waals surface area contributed by atoms with E-state index in [2.05, 4.69) is 4.98 Å². The Morgan fingerprint density at radius 1 is 1.27 bits per heavy atom. The van der Waals surface area contributed by atoms with E-state index in [1.807, 2.05) is 0 Å². The first-order valence-corrected chi connectivity index (χ1v) is 8.99. The number of nitrogens with zero attached hydrogens (tertiary/aromatic N) is 1. The fourth-order valence-corrected chi connectivity index (χ4v) is 3.37. The molecule has 0 saturated carbocycles. The van der Waals surface area contributed by atoms with Crippen molar-refractivity contribution in [3.05, 3.63) is 69.9 Å². The van der Waals surface area contributed by atoms with Crippen molar-refractivity contribution >= 4 is 28.9 Å². The summed E-state index contributed by atoms with van der Waals surface area (Å²) in [4.78, 5) is 16.4. The van der Waals surface area contributed by atoms with Crippen LogP contribution in [0.2, 0.25) is 5.02 Å². The molecule has 0 bridgehead atoms. The van der Waals surface area contributed by atoms with Gasteiger partial charge in [-0.05, 0) is 30.3 Å². The molecule has 0 aliphatic carbocycles. The molecule has 0 aliphatic rings. The van der Waals surface area contributed by atoms with Crippen molar-refractivity contribution in [2.45, 2.75) is 13.0 Å². The van der Waals surface area contributed by atoms with E-state index in [1.54, 1.807) is 35.7 Å². The van der Waals surface area contributed by atoms with Crippen LogP contribution in [0.4, 0.5) is 4.39 Å². The summed E-state index contributed by atoms with van der Waals surface area (Å²) in [5.41, 5.74) is 1.95. The monoisotopic (exact) mass is 391 g/mol. The number of aromatic nitrogens is 1. The molecule has 4 nitrogen and oxygen atoms in total. The van der Waals surface area contributed by atoms with Crippen molar-refractivity contribution in [1.82, 2.24) is 4.98 Å². The molecule has 0 amide bonds. The summed E-state index contributed by atoms with van der Waals surface area (Å²) in [7, 11) is 1.54. The van der Waals surface area contributed by atoms with Gasteiger partial charge in [-0.15, -0.1) is 11.3 Å². The van der Waals surface area contributed by atoms with Crippen molar-refractivity contribution < 1.29 is 18.7 Å². The van der Waals surface area contributed by atoms with Gasteiger partial charge in [-0.1, -0.05) is 23.7 Å². The third kappa shape index (κ3) is 4.59. The van der Waals surface area contributed by atoms with Gasteiger partial charge in [0.05, 0.1) is 19.2 Å². The van der Waals surface area contributed by atoms with Crippen LogP contribution in [0.15, 0.2) is 47.8 Å². The number of hydrogen-bond donors (Lipinski definition) is 0. The molecule has 0 fully saturated rings. The number of hydrogen-bond acceptors (Lipinski definition) is 5. The fourth-order valence-electron chi connectivity index (χ4n) is 2.36. The van der Waals surface area contributed by atoms with Crippen LogP contribution in [0.5, 0.6) is 5.75 Å². The summed E-state index contributed by atoms with van der Waals surface area (Å²) < 4.78 is 23.8. The molecule has 1 heterocycles. The first-order valence-electron chi connectivity index (χ1n) is 7.73. The minimum atomic E-state index is -0.414. The average Bonchev–Trinajstić information content (AvgIpc) is 3.08. The number of ether oxygens (including phenoxy) is 2. The SMILES string of the molecule is COc1ccc(Cl)cc1COC(=O)Cc1csc(-c2cccc(F)c2)n1. The van der Waals surface area contributed by atoms with Crippen LogP contribution in [-0.2, 0) is 22.6 Å². The van der Waals surface area contributed by atoms with Crippen molar-refractivity contribution in [2.75, 3.05) is 7.11 Å². The zero-order valence-corrected chi connectivity index (χ0v) is 15.4. The quantitative estimate of drug-likeness (QED) is 0.561. The molecule has 0 N–H and O–H groups in total. The Bertz CT molecular complexity index is 929. The zero-order valence-electron chi connectivity index (χ0n) is 13.9. The smallest absolute Gasteiger partial charge is 0.312 e. The Kier molecular flexibility index (Phi) is 5.85. The van der Waals surface area contributed by atoms with Crippen molar-refractivity contribution in [3.63, 3.8) is 0 Å². The van der Waals surface area contributed by atoms with E-state index in [-0.39, 0.29) is 18.8 Å². The van der Waals surface area contributed by atoms with E-state index in [1.165, 1.54) is 30.6 Å². The highest BCUT2D eigenvalue weighted by molar-refractivity contribution is 7.13. The summed E-state index contributed by atoms with van der Waals surface area (Å²) in [6.45, 7) is 0.0590. The van der Waals surface area contributed by atoms with Gasteiger partial charge < -0.3 is 9.47 Å². The van der Waals surface area contributed by atoms with Gasteiger partial charge in [0, 0.05) is 21.5 Å². The minimum absolute atomic E-state index is 0.0364. The molecule has 0 aliphatic heterocycles. The van der Waals surface area contributed by atoms with Gasteiger partial charge >= 0.3 is 5.97 Å². The molecule has 0 saturated heterocycles. The van der Waals surface area contributed by atoms with Crippen molar-refractivity contribution in [2.24, 2.45) is 0 Å². The molecule has 0 spiro atoms. The zero-order chi connectivity index (χ0) is 18.5. The standard InChI is InChI=1S/C19H15ClFNO3S/c1-24-17-6-5-14(20)7-13(17)10-25-18(23)9-16-11-26-19(22-16)12-3-2-4-15(21)8-12/h2-8,11H,9-10H2,1H3. The summed E-state index contributed by atoms with van der Waals surface area (Å²) in [5.74, 6) is -0.138. The molecule has 0 radical (unpaired) electrons. The second kappa shape index (κ2) is 8.29. The molecule has 0 atom stereocenters. The van der Waals surface area contributed by atoms with Gasteiger partial charge in [-0.3, -0.25) is 4.79 Å². The molecule has 3 rings (SSSR count). The van der Waals surface area contributed by atoms with Gasteiger partial charge in [0.1, 0.15) is 23.2 Å². The second-order valence-electron chi connectivity index (χ2n) is 5.45. The van der Waals surface area contributed by atoms with Crippen LogP contribution in [0.3, 0.4) is 0 Å². The number of carbonyl (C=O) groups excluding carboxylic acids is 1. The summed E-state index contributed by atoms with van der Waals surface area (Å²) in [5, 5.41) is 2.96. The number of rotatable bonds is 6. The predicted octanol–water partition coefficient (Wildman–Crippen LogP) is 4.90. The fraction of sp³-hybridized carbons (Fsp3) is 0.158. The lowest BCUT2D eigenvalue weighted by Crippen LogP contribution is -2.09. The molecular weight excluding hydrogens is 377 g/mol. The number of benzene rings is 2. The molecule has 0 unspecified atom stereocenters. The van der Waals surface area contributed by atoms with E-state index in [0.29, 0.717) is 32.6 Å². The summed E-state index contributed by atoms with van der Waals surface area (Å²) in [6, 6.07) is 11.3. The van der Waals surface area contributed by atoms with E-state index in [0.717, 1.165) is 0 Å². The minimum Gasteiger partial charge on any atom is -0.496 e. The number of esters is 1. The molecule has 26 heavy (non-hydrogen) atoms. The molecule has 1 aromatic heterocycles. The Balaban J connectivity index is 1.62. The lowest BCUT2D eigenvalue weighted by Gasteiger charge is -2.09. The van der Waals surface area contributed by atoms with E-state index in [4.69, 9.17) is 21.1 Å².